The van der Waals surface area contributed by atoms with Gasteiger partial charge in [-0.3, -0.25) is 4.79 Å². The summed E-state index contributed by atoms with van der Waals surface area (Å²) >= 11 is 0. The fourth-order valence-corrected chi connectivity index (χ4v) is 4.60. The lowest BCUT2D eigenvalue weighted by molar-refractivity contribution is -0.137. The van der Waals surface area contributed by atoms with Gasteiger partial charge in [0.25, 0.3) is 5.91 Å². The summed E-state index contributed by atoms with van der Waals surface area (Å²) in [6.07, 6.45) is -3.20. The molecule has 1 heterocycles. The molecule has 0 aliphatic rings. The molecular formula is C33H26F3N3O4. The highest BCUT2D eigenvalue weighted by Crippen LogP contribution is 2.34. The molecular weight excluding hydrogens is 559 g/mol. The summed E-state index contributed by atoms with van der Waals surface area (Å²) in [6, 6.07) is 23.9. The smallest absolute Gasteiger partial charge is 0.416 e. The van der Waals surface area contributed by atoms with Gasteiger partial charge in [-0.2, -0.15) is 18.3 Å². The SMILES string of the molecule is CCOc1cc(C=NNC(=O)c2[nH]c3c(C)cccc3c2-c2ccccc2)ccc1OC(=O)c1cccc(C(F)(F)F)c1. The van der Waals surface area contributed by atoms with Crippen molar-refractivity contribution in [3.63, 3.8) is 0 Å². The zero-order valence-electron chi connectivity index (χ0n) is 23.2. The third-order valence-corrected chi connectivity index (χ3v) is 6.61. The maximum atomic E-state index is 13.3. The summed E-state index contributed by atoms with van der Waals surface area (Å²) in [5, 5.41) is 5.02. The maximum absolute atomic E-state index is 13.3. The van der Waals surface area contributed by atoms with Gasteiger partial charge in [0.15, 0.2) is 11.5 Å². The Morgan fingerprint density at radius 2 is 1.70 bits per heavy atom. The van der Waals surface area contributed by atoms with Gasteiger partial charge in [-0.15, -0.1) is 0 Å². The van der Waals surface area contributed by atoms with E-state index < -0.39 is 23.6 Å². The van der Waals surface area contributed by atoms with Crippen molar-refractivity contribution >= 4 is 29.0 Å². The zero-order valence-corrected chi connectivity index (χ0v) is 23.2. The molecule has 2 N–H and O–H groups in total. The summed E-state index contributed by atoms with van der Waals surface area (Å²) in [6.45, 7) is 3.92. The van der Waals surface area contributed by atoms with Crippen LogP contribution < -0.4 is 14.9 Å². The van der Waals surface area contributed by atoms with Crippen molar-refractivity contribution in [1.82, 2.24) is 10.4 Å². The first-order valence-electron chi connectivity index (χ1n) is 13.3. The van der Waals surface area contributed by atoms with Crippen molar-refractivity contribution in [2.45, 2.75) is 20.0 Å². The molecule has 0 bridgehead atoms. The van der Waals surface area contributed by atoms with Crippen molar-refractivity contribution in [1.29, 1.82) is 0 Å². The molecule has 1 aromatic heterocycles. The Morgan fingerprint density at radius 1 is 0.930 bits per heavy atom. The molecule has 0 atom stereocenters. The number of nitrogens with zero attached hydrogens (tertiary/aromatic N) is 1. The fraction of sp³-hybridized carbons (Fsp3) is 0.121. The first-order valence-corrected chi connectivity index (χ1v) is 13.3. The molecule has 5 aromatic rings. The van der Waals surface area contributed by atoms with E-state index in [4.69, 9.17) is 9.47 Å². The van der Waals surface area contributed by atoms with Crippen molar-refractivity contribution in [3.8, 4) is 22.6 Å². The van der Waals surface area contributed by atoms with Gasteiger partial charge in [-0.05, 0) is 66.9 Å². The standard InChI is InChI=1S/C33H26F3N3O4/c1-3-42-27-17-21(15-16-26(27)43-32(41)23-12-8-13-24(18-23)33(34,35)36)19-37-39-31(40)30-28(22-10-5-4-6-11-22)25-14-7-9-20(2)29(25)38-30/h4-19,38H,3H2,1-2H3,(H,39,40). The third-order valence-electron chi connectivity index (χ3n) is 6.61. The number of hydrazone groups is 1. The number of amides is 1. The largest absolute Gasteiger partial charge is 0.490 e. The Balaban J connectivity index is 1.35. The number of esters is 1. The molecule has 0 unspecified atom stereocenters. The van der Waals surface area contributed by atoms with Gasteiger partial charge in [0.1, 0.15) is 5.69 Å². The summed E-state index contributed by atoms with van der Waals surface area (Å²) in [5.41, 5.74) is 5.70. The van der Waals surface area contributed by atoms with E-state index >= 15 is 0 Å². The lowest BCUT2D eigenvalue weighted by atomic mass is 10.0. The molecule has 0 fully saturated rings. The summed E-state index contributed by atoms with van der Waals surface area (Å²) < 4.78 is 50.1. The van der Waals surface area contributed by atoms with Crippen molar-refractivity contribution in [2.75, 3.05) is 6.61 Å². The average Bonchev–Trinajstić information content (AvgIpc) is 3.40. The number of hydrogen-bond acceptors (Lipinski definition) is 5. The van der Waals surface area contributed by atoms with Gasteiger partial charge >= 0.3 is 12.1 Å². The number of benzene rings is 4. The van der Waals surface area contributed by atoms with E-state index in [-0.39, 0.29) is 23.7 Å². The monoisotopic (exact) mass is 585 g/mol. The van der Waals surface area contributed by atoms with Crippen LogP contribution in [0.25, 0.3) is 22.0 Å². The Kier molecular flexibility index (Phi) is 8.29. The number of ether oxygens (including phenoxy) is 2. The predicted octanol–water partition coefficient (Wildman–Crippen LogP) is 7.54. The van der Waals surface area contributed by atoms with E-state index in [2.05, 4.69) is 15.5 Å². The number of alkyl halides is 3. The Hall–Kier alpha value is -5.38. The van der Waals surface area contributed by atoms with Gasteiger partial charge in [0.2, 0.25) is 0 Å². The Morgan fingerprint density at radius 3 is 2.44 bits per heavy atom. The molecule has 43 heavy (non-hydrogen) atoms. The van der Waals surface area contributed by atoms with Crippen LogP contribution in [0.1, 0.15) is 44.5 Å². The number of halogens is 3. The third kappa shape index (κ3) is 6.43. The molecule has 4 aromatic carbocycles. The second-order valence-electron chi connectivity index (χ2n) is 9.54. The number of aromatic nitrogens is 1. The fourth-order valence-electron chi connectivity index (χ4n) is 4.60. The van der Waals surface area contributed by atoms with Gasteiger partial charge in [-0.25, -0.2) is 10.2 Å². The van der Waals surface area contributed by atoms with Crippen LogP contribution in [0.3, 0.4) is 0 Å². The number of para-hydroxylation sites is 1. The molecule has 0 aliphatic carbocycles. The van der Waals surface area contributed by atoms with E-state index in [1.54, 1.807) is 13.0 Å². The van der Waals surface area contributed by atoms with Crippen LogP contribution in [0.5, 0.6) is 11.5 Å². The number of aromatic amines is 1. The second-order valence-corrected chi connectivity index (χ2v) is 9.54. The van der Waals surface area contributed by atoms with Crippen LogP contribution in [0.15, 0.2) is 96.1 Å². The summed E-state index contributed by atoms with van der Waals surface area (Å²) in [7, 11) is 0. The van der Waals surface area contributed by atoms with Gasteiger partial charge in [0.05, 0.1) is 23.9 Å². The molecule has 0 aliphatic heterocycles. The highest BCUT2D eigenvalue weighted by Gasteiger charge is 2.31. The molecule has 0 saturated carbocycles. The van der Waals surface area contributed by atoms with Crippen LogP contribution in [-0.2, 0) is 6.18 Å². The molecule has 218 valence electrons. The number of nitrogens with one attached hydrogen (secondary N) is 2. The minimum atomic E-state index is -4.60. The van der Waals surface area contributed by atoms with Crippen LogP contribution in [0.2, 0.25) is 0 Å². The topological polar surface area (TPSA) is 92.8 Å². The van der Waals surface area contributed by atoms with Crippen molar-refractivity contribution in [2.24, 2.45) is 5.10 Å². The van der Waals surface area contributed by atoms with Crippen LogP contribution in [-0.4, -0.2) is 29.7 Å². The zero-order chi connectivity index (χ0) is 30.6. The summed E-state index contributed by atoms with van der Waals surface area (Å²) in [4.78, 5) is 29.1. The number of fused-ring (bicyclic) bond motifs is 1. The first-order chi connectivity index (χ1) is 20.7. The van der Waals surface area contributed by atoms with Crippen LogP contribution in [0, 0.1) is 6.92 Å². The normalized spacial score (nSPS) is 11.6. The van der Waals surface area contributed by atoms with E-state index in [0.717, 1.165) is 45.8 Å². The minimum Gasteiger partial charge on any atom is -0.490 e. The van der Waals surface area contributed by atoms with E-state index in [1.807, 2.05) is 55.5 Å². The second kappa shape index (κ2) is 12.2. The number of rotatable bonds is 8. The Bertz CT molecular complexity index is 1830. The van der Waals surface area contributed by atoms with E-state index in [9.17, 15) is 22.8 Å². The summed E-state index contributed by atoms with van der Waals surface area (Å²) in [5.74, 6) is -1.21. The highest BCUT2D eigenvalue weighted by atomic mass is 19.4. The number of H-pyrrole nitrogens is 1. The lowest BCUT2D eigenvalue weighted by Crippen LogP contribution is -2.19. The molecule has 5 rings (SSSR count). The first kappa shape index (κ1) is 29.1. The Labute approximate surface area is 245 Å². The number of carbonyl (C=O) groups is 2. The quantitative estimate of drug-likeness (QED) is 0.0852. The van der Waals surface area contributed by atoms with Gasteiger partial charge in [-0.1, -0.05) is 54.6 Å². The molecule has 0 saturated heterocycles. The highest BCUT2D eigenvalue weighted by molar-refractivity contribution is 6.10. The number of hydrogen-bond donors (Lipinski definition) is 2. The predicted molar refractivity (Wildman–Crippen MR) is 158 cm³/mol. The minimum absolute atomic E-state index is 0.0198. The van der Waals surface area contributed by atoms with Crippen LogP contribution >= 0.6 is 0 Å². The van der Waals surface area contributed by atoms with Gasteiger partial charge < -0.3 is 14.5 Å². The van der Waals surface area contributed by atoms with E-state index in [0.29, 0.717) is 11.3 Å². The molecule has 1 amide bonds. The lowest BCUT2D eigenvalue weighted by Gasteiger charge is -2.12. The number of aryl methyl sites for hydroxylation is 1. The van der Waals surface area contributed by atoms with Crippen LogP contribution in [0.4, 0.5) is 13.2 Å². The maximum Gasteiger partial charge on any atom is 0.416 e. The van der Waals surface area contributed by atoms with E-state index in [1.165, 1.54) is 24.4 Å². The number of carbonyl (C=O) groups excluding carboxylic acids is 2. The van der Waals surface area contributed by atoms with Crippen molar-refractivity contribution < 1.29 is 32.2 Å². The van der Waals surface area contributed by atoms with Crippen molar-refractivity contribution in [3.05, 3.63) is 119 Å². The molecule has 0 radical (unpaired) electrons. The molecule has 7 nitrogen and oxygen atoms in total. The molecule has 0 spiro atoms. The van der Waals surface area contributed by atoms with Gasteiger partial charge in [0, 0.05) is 16.5 Å². The average molecular weight is 586 g/mol. The molecule has 10 heteroatoms.